The van der Waals surface area contributed by atoms with E-state index in [0.717, 1.165) is 11.1 Å². The van der Waals surface area contributed by atoms with Crippen LogP contribution in [0.25, 0.3) is 0 Å². The van der Waals surface area contributed by atoms with Crippen molar-refractivity contribution in [3.05, 3.63) is 35.4 Å². The highest BCUT2D eigenvalue weighted by atomic mass is 16.9. The molecule has 1 saturated heterocycles. The first kappa shape index (κ1) is 9.81. The third kappa shape index (κ3) is 0.982. The molecule has 0 saturated carbocycles. The average Bonchev–Trinajstić information content (AvgIpc) is 2.41. The Bertz CT molecular complexity index is 455. The summed E-state index contributed by atoms with van der Waals surface area (Å²) in [6, 6.07) is 7.61. The predicted molar refractivity (Wildman–Crippen MR) is 56.7 cm³/mol. The Labute approximate surface area is 93.8 Å². The van der Waals surface area contributed by atoms with E-state index in [1.165, 1.54) is 0 Å². The molecule has 0 N–H and O–H groups in total. The number of likely N-dealkylation sites (N-methyl/N-ethyl adjacent to an activating group) is 1. The van der Waals surface area contributed by atoms with E-state index in [4.69, 9.17) is 9.47 Å². The molecule has 0 aliphatic carbocycles. The molecule has 1 fully saturated rings. The highest BCUT2D eigenvalue weighted by Gasteiger charge is 2.53. The largest absolute Gasteiger partial charge is 0.327 e. The molecule has 1 amide bonds. The van der Waals surface area contributed by atoms with Crippen LogP contribution in [0.5, 0.6) is 0 Å². The van der Waals surface area contributed by atoms with Crippen LogP contribution in [0.1, 0.15) is 22.8 Å². The molecular formula is C12H13NO3. The Morgan fingerprint density at radius 2 is 2.06 bits per heavy atom. The summed E-state index contributed by atoms with van der Waals surface area (Å²) in [7, 11) is 1.79. The second-order valence-electron chi connectivity index (χ2n) is 4.34. The van der Waals surface area contributed by atoms with Crippen molar-refractivity contribution < 1.29 is 14.3 Å². The van der Waals surface area contributed by atoms with Crippen LogP contribution in [-0.2, 0) is 15.0 Å². The van der Waals surface area contributed by atoms with E-state index >= 15 is 0 Å². The first-order chi connectivity index (χ1) is 7.65. The number of ether oxygens (including phenoxy) is 2. The number of hydrogen-bond donors (Lipinski definition) is 0. The van der Waals surface area contributed by atoms with Gasteiger partial charge in [-0.3, -0.25) is 4.79 Å². The smallest absolute Gasteiger partial charge is 0.254 e. The van der Waals surface area contributed by atoms with Crippen molar-refractivity contribution in [1.29, 1.82) is 0 Å². The zero-order valence-corrected chi connectivity index (χ0v) is 9.27. The summed E-state index contributed by atoms with van der Waals surface area (Å²) in [6.45, 7) is 2.28. The predicted octanol–water partition coefficient (Wildman–Crippen LogP) is 1.32. The number of nitrogens with zero attached hydrogens (tertiary/aromatic N) is 1. The van der Waals surface area contributed by atoms with Gasteiger partial charge in [-0.1, -0.05) is 18.2 Å². The van der Waals surface area contributed by atoms with Gasteiger partial charge in [-0.25, -0.2) is 0 Å². The maximum atomic E-state index is 12.1. The van der Waals surface area contributed by atoms with Gasteiger partial charge in [0.05, 0.1) is 0 Å². The topological polar surface area (TPSA) is 38.8 Å². The van der Waals surface area contributed by atoms with Crippen molar-refractivity contribution in [3.8, 4) is 0 Å². The monoisotopic (exact) mass is 219 g/mol. The Kier molecular flexibility index (Phi) is 1.87. The molecule has 2 aliphatic rings. The first-order valence-corrected chi connectivity index (χ1v) is 5.26. The Balaban J connectivity index is 2.15. The maximum absolute atomic E-state index is 12.1. The molecule has 84 valence electrons. The summed E-state index contributed by atoms with van der Waals surface area (Å²) in [5.41, 5.74) is 1.21. The van der Waals surface area contributed by atoms with E-state index < -0.39 is 5.54 Å². The maximum Gasteiger partial charge on any atom is 0.254 e. The molecule has 0 bridgehead atoms. The summed E-state index contributed by atoms with van der Waals surface area (Å²) >= 11 is 0. The van der Waals surface area contributed by atoms with Gasteiger partial charge in [0.15, 0.2) is 13.1 Å². The van der Waals surface area contributed by atoms with E-state index in [2.05, 4.69) is 0 Å². The van der Waals surface area contributed by atoms with E-state index in [9.17, 15) is 4.79 Å². The van der Waals surface area contributed by atoms with Crippen molar-refractivity contribution in [1.82, 2.24) is 4.90 Å². The molecule has 3 rings (SSSR count). The van der Waals surface area contributed by atoms with Gasteiger partial charge in [0, 0.05) is 12.6 Å². The number of carbonyl (C=O) groups is 1. The summed E-state index contributed by atoms with van der Waals surface area (Å²) < 4.78 is 10.8. The second kappa shape index (κ2) is 3.06. The number of hydrogen-bond acceptors (Lipinski definition) is 3. The summed E-state index contributed by atoms with van der Waals surface area (Å²) in [6.07, 6.45) is -0.356. The molecule has 0 radical (unpaired) electrons. The van der Waals surface area contributed by atoms with Crippen molar-refractivity contribution in [2.75, 3.05) is 13.8 Å². The minimum absolute atomic E-state index is 0.0252. The molecule has 4 heteroatoms. The van der Waals surface area contributed by atoms with Crippen LogP contribution >= 0.6 is 0 Å². The Morgan fingerprint density at radius 3 is 2.69 bits per heavy atom. The second-order valence-corrected chi connectivity index (χ2v) is 4.34. The summed E-state index contributed by atoms with van der Waals surface area (Å²) in [5, 5.41) is 0. The molecule has 0 aromatic heterocycles. The highest BCUT2D eigenvalue weighted by Crippen LogP contribution is 2.43. The quantitative estimate of drug-likeness (QED) is 0.715. The molecule has 2 aliphatic heterocycles. The summed E-state index contributed by atoms with van der Waals surface area (Å²) in [4.78, 5) is 13.8. The van der Waals surface area contributed by atoms with E-state index in [1.807, 2.05) is 31.2 Å². The highest BCUT2D eigenvalue weighted by molar-refractivity contribution is 5.99. The van der Waals surface area contributed by atoms with Gasteiger partial charge in [-0.15, -0.1) is 0 Å². The van der Waals surface area contributed by atoms with Gasteiger partial charge in [0.1, 0.15) is 5.54 Å². The summed E-state index contributed by atoms with van der Waals surface area (Å²) in [5.74, 6) is 0.0252. The van der Waals surface area contributed by atoms with E-state index in [1.54, 1.807) is 11.9 Å². The zero-order valence-electron chi connectivity index (χ0n) is 9.27. The normalized spacial score (nSPS) is 29.1. The van der Waals surface area contributed by atoms with Gasteiger partial charge < -0.3 is 14.4 Å². The lowest BCUT2D eigenvalue weighted by atomic mass is 9.90. The molecule has 0 spiro atoms. The molecule has 1 aromatic carbocycles. The van der Waals surface area contributed by atoms with Gasteiger partial charge >= 0.3 is 0 Å². The van der Waals surface area contributed by atoms with Crippen LogP contribution < -0.4 is 0 Å². The third-order valence-electron chi connectivity index (χ3n) is 3.60. The molecule has 0 unspecified atom stereocenters. The lowest BCUT2D eigenvalue weighted by molar-refractivity contribution is -0.356. The molecule has 16 heavy (non-hydrogen) atoms. The molecule has 1 aromatic rings. The molecule has 2 heterocycles. The molecular weight excluding hydrogens is 206 g/mol. The minimum atomic E-state index is -0.508. The first-order valence-electron chi connectivity index (χ1n) is 5.26. The van der Waals surface area contributed by atoms with E-state index in [0.29, 0.717) is 6.79 Å². The lowest BCUT2D eigenvalue weighted by Crippen LogP contribution is -2.54. The van der Waals surface area contributed by atoms with Crippen LogP contribution in [0.4, 0.5) is 0 Å². The third-order valence-corrected chi connectivity index (χ3v) is 3.60. The van der Waals surface area contributed by atoms with Gasteiger partial charge in [-0.2, -0.15) is 0 Å². The SMILES string of the molecule is CN1C(=O)c2ccccc2[C@@]1(C)C1OCO1. The fourth-order valence-corrected chi connectivity index (χ4v) is 2.43. The number of rotatable bonds is 1. The van der Waals surface area contributed by atoms with Crippen LogP contribution in [0.2, 0.25) is 0 Å². The molecule has 4 nitrogen and oxygen atoms in total. The van der Waals surface area contributed by atoms with E-state index in [-0.39, 0.29) is 12.2 Å². The van der Waals surface area contributed by atoms with Crippen LogP contribution in [0.15, 0.2) is 24.3 Å². The van der Waals surface area contributed by atoms with Gasteiger partial charge in [-0.05, 0) is 18.6 Å². The van der Waals surface area contributed by atoms with Crippen LogP contribution in [0.3, 0.4) is 0 Å². The number of amides is 1. The van der Waals surface area contributed by atoms with Crippen LogP contribution in [0, 0.1) is 0 Å². The van der Waals surface area contributed by atoms with Crippen LogP contribution in [-0.4, -0.2) is 30.9 Å². The zero-order chi connectivity index (χ0) is 11.3. The van der Waals surface area contributed by atoms with Crippen molar-refractivity contribution in [2.24, 2.45) is 0 Å². The standard InChI is InChI=1S/C12H13NO3/c1-12(11-15-7-16-11)9-6-4-3-5-8(9)10(14)13(12)2/h3-6,11H,7H2,1-2H3/t12-/m0/s1. The Morgan fingerprint density at radius 1 is 1.38 bits per heavy atom. The van der Waals surface area contributed by atoms with Gasteiger partial charge in [0.2, 0.25) is 0 Å². The Hall–Kier alpha value is -1.39. The number of fused-ring (bicyclic) bond motifs is 1. The fraction of sp³-hybridized carbons (Fsp3) is 0.417. The lowest BCUT2D eigenvalue weighted by Gasteiger charge is -2.43. The van der Waals surface area contributed by atoms with Crippen molar-refractivity contribution in [2.45, 2.75) is 18.8 Å². The molecule has 1 atom stereocenters. The van der Waals surface area contributed by atoms with Gasteiger partial charge in [0.25, 0.3) is 5.91 Å². The number of carbonyl (C=O) groups excluding carboxylic acids is 1. The van der Waals surface area contributed by atoms with Crippen molar-refractivity contribution >= 4 is 5.91 Å². The average molecular weight is 219 g/mol. The van der Waals surface area contributed by atoms with Crippen molar-refractivity contribution in [3.63, 3.8) is 0 Å². The fourth-order valence-electron chi connectivity index (χ4n) is 2.43. The number of benzene rings is 1. The minimum Gasteiger partial charge on any atom is -0.327 e.